The molecule has 1 unspecified atom stereocenters. The van der Waals surface area contributed by atoms with E-state index in [4.69, 9.17) is 21.1 Å². The van der Waals surface area contributed by atoms with Gasteiger partial charge in [-0.2, -0.15) is 0 Å². The highest BCUT2D eigenvalue weighted by Crippen LogP contribution is 2.38. The molecule has 0 aliphatic carbocycles. The standard InChI is InChI=1S/C27H26ClNO5/c1-27(16-20-7-5-6-10-23(20)28)17-21-15-19(11-12-24(21)34-27)26(32)29(18-25(30)31)13-14-33-22-8-3-2-4-9-22/h2-12,15H,13-14,16-18H2,1H3,(H,30,31). The van der Waals surface area contributed by atoms with E-state index in [0.29, 0.717) is 29.2 Å². The maximum absolute atomic E-state index is 13.2. The van der Waals surface area contributed by atoms with Crippen LogP contribution in [-0.4, -0.2) is 47.2 Å². The Morgan fingerprint density at radius 2 is 1.82 bits per heavy atom. The first-order valence-corrected chi connectivity index (χ1v) is 11.4. The number of hydrogen-bond donors (Lipinski definition) is 1. The van der Waals surface area contributed by atoms with Crippen molar-refractivity contribution < 1.29 is 24.2 Å². The Morgan fingerprint density at radius 3 is 2.56 bits per heavy atom. The fourth-order valence-electron chi connectivity index (χ4n) is 4.19. The molecule has 1 aliphatic heterocycles. The van der Waals surface area contributed by atoms with Crippen molar-refractivity contribution in [3.63, 3.8) is 0 Å². The summed E-state index contributed by atoms with van der Waals surface area (Å²) in [4.78, 5) is 25.8. The van der Waals surface area contributed by atoms with Gasteiger partial charge in [-0.1, -0.05) is 48.0 Å². The van der Waals surface area contributed by atoms with E-state index in [1.165, 1.54) is 4.90 Å². The molecule has 0 radical (unpaired) electrons. The van der Waals surface area contributed by atoms with Gasteiger partial charge in [0, 0.05) is 23.4 Å². The molecule has 0 saturated heterocycles. The maximum Gasteiger partial charge on any atom is 0.323 e. The normalized spacial score (nSPS) is 16.4. The number of benzene rings is 3. The van der Waals surface area contributed by atoms with E-state index in [2.05, 4.69) is 0 Å². The van der Waals surface area contributed by atoms with Crippen LogP contribution in [0.25, 0.3) is 0 Å². The van der Waals surface area contributed by atoms with Gasteiger partial charge in [0.25, 0.3) is 5.91 Å². The van der Waals surface area contributed by atoms with E-state index >= 15 is 0 Å². The molecular formula is C27H26ClNO5. The van der Waals surface area contributed by atoms with Crippen LogP contribution in [0.3, 0.4) is 0 Å². The number of halogens is 1. The van der Waals surface area contributed by atoms with E-state index in [0.717, 1.165) is 16.9 Å². The average molecular weight is 480 g/mol. The molecule has 0 fully saturated rings. The zero-order valence-electron chi connectivity index (χ0n) is 18.9. The number of carbonyl (C=O) groups is 2. The Morgan fingerprint density at radius 1 is 1.09 bits per heavy atom. The minimum atomic E-state index is -1.08. The maximum atomic E-state index is 13.2. The molecule has 0 spiro atoms. The van der Waals surface area contributed by atoms with Crippen LogP contribution in [0.15, 0.2) is 72.8 Å². The highest BCUT2D eigenvalue weighted by Gasteiger charge is 2.36. The van der Waals surface area contributed by atoms with Crippen LogP contribution in [-0.2, 0) is 17.6 Å². The number of carboxylic acid groups (broad SMARTS) is 1. The Hall–Kier alpha value is -3.51. The predicted molar refractivity (Wildman–Crippen MR) is 130 cm³/mol. The van der Waals surface area contributed by atoms with Gasteiger partial charge in [-0.3, -0.25) is 9.59 Å². The first-order valence-electron chi connectivity index (χ1n) is 11.1. The van der Waals surface area contributed by atoms with Crippen molar-refractivity contribution in [2.75, 3.05) is 19.7 Å². The summed E-state index contributed by atoms with van der Waals surface area (Å²) in [6.07, 6.45) is 1.25. The fourth-order valence-corrected chi connectivity index (χ4v) is 4.39. The molecule has 3 aromatic carbocycles. The third-order valence-corrected chi connectivity index (χ3v) is 6.11. The van der Waals surface area contributed by atoms with Crippen molar-refractivity contribution in [3.05, 3.63) is 94.5 Å². The van der Waals surface area contributed by atoms with Gasteiger partial charge in [0.05, 0.1) is 6.54 Å². The van der Waals surface area contributed by atoms with Crippen LogP contribution in [0.2, 0.25) is 5.02 Å². The van der Waals surface area contributed by atoms with Crippen molar-refractivity contribution in [1.82, 2.24) is 4.90 Å². The molecule has 1 atom stereocenters. The number of ether oxygens (including phenoxy) is 2. The smallest absolute Gasteiger partial charge is 0.323 e. The molecule has 6 nitrogen and oxygen atoms in total. The van der Waals surface area contributed by atoms with Crippen LogP contribution in [0.1, 0.15) is 28.4 Å². The van der Waals surface area contributed by atoms with E-state index in [-0.39, 0.29) is 19.1 Å². The summed E-state index contributed by atoms with van der Waals surface area (Å²) >= 11 is 6.34. The van der Waals surface area contributed by atoms with Gasteiger partial charge in [0.2, 0.25) is 0 Å². The second-order valence-electron chi connectivity index (χ2n) is 8.60. The van der Waals surface area contributed by atoms with Gasteiger partial charge in [0.15, 0.2) is 0 Å². The third kappa shape index (κ3) is 5.69. The molecule has 3 aromatic rings. The summed E-state index contributed by atoms with van der Waals surface area (Å²) in [5, 5.41) is 10.0. The summed E-state index contributed by atoms with van der Waals surface area (Å²) in [7, 11) is 0. The quantitative estimate of drug-likeness (QED) is 0.473. The lowest BCUT2D eigenvalue weighted by molar-refractivity contribution is -0.137. The fraction of sp³-hybridized carbons (Fsp3) is 0.259. The Balaban J connectivity index is 1.45. The van der Waals surface area contributed by atoms with Gasteiger partial charge < -0.3 is 19.5 Å². The molecule has 176 valence electrons. The largest absolute Gasteiger partial charge is 0.492 e. The number of rotatable bonds is 9. The lowest BCUT2D eigenvalue weighted by Crippen LogP contribution is -2.38. The molecule has 0 aromatic heterocycles. The van der Waals surface area contributed by atoms with Crippen molar-refractivity contribution in [1.29, 1.82) is 0 Å². The van der Waals surface area contributed by atoms with Crippen molar-refractivity contribution in [2.45, 2.75) is 25.4 Å². The first-order chi connectivity index (χ1) is 16.3. The van der Waals surface area contributed by atoms with Crippen molar-refractivity contribution in [2.24, 2.45) is 0 Å². The molecule has 1 N–H and O–H groups in total. The number of carboxylic acids is 1. The van der Waals surface area contributed by atoms with E-state index in [1.807, 2.05) is 61.5 Å². The molecule has 7 heteroatoms. The second-order valence-corrected chi connectivity index (χ2v) is 9.01. The molecule has 0 bridgehead atoms. The number of amides is 1. The Bertz CT molecular complexity index is 1180. The number of fused-ring (bicyclic) bond motifs is 1. The number of carbonyl (C=O) groups excluding carboxylic acids is 1. The summed E-state index contributed by atoms with van der Waals surface area (Å²) in [6.45, 7) is 1.95. The summed E-state index contributed by atoms with van der Waals surface area (Å²) in [5.41, 5.74) is 1.85. The minimum absolute atomic E-state index is 0.151. The molecule has 4 rings (SSSR count). The number of para-hydroxylation sites is 1. The average Bonchev–Trinajstić information content (AvgIpc) is 3.15. The molecule has 1 aliphatic rings. The molecule has 0 saturated carbocycles. The van der Waals surface area contributed by atoms with Gasteiger partial charge in [0.1, 0.15) is 30.3 Å². The Labute approximate surface area is 203 Å². The second kappa shape index (κ2) is 10.2. The first kappa shape index (κ1) is 23.6. The number of nitrogens with zero attached hydrogens (tertiary/aromatic N) is 1. The third-order valence-electron chi connectivity index (χ3n) is 5.74. The monoisotopic (exact) mass is 479 g/mol. The highest BCUT2D eigenvalue weighted by atomic mass is 35.5. The number of aliphatic carboxylic acids is 1. The molecule has 34 heavy (non-hydrogen) atoms. The van der Waals surface area contributed by atoms with Crippen molar-refractivity contribution in [3.8, 4) is 11.5 Å². The predicted octanol–water partition coefficient (Wildman–Crippen LogP) is 4.88. The SMILES string of the molecule is CC1(Cc2ccccc2Cl)Cc2cc(C(=O)N(CCOc3ccccc3)CC(=O)O)ccc2O1. The summed E-state index contributed by atoms with van der Waals surface area (Å²) in [6, 6.07) is 22.1. The van der Waals surface area contributed by atoms with Gasteiger partial charge in [-0.25, -0.2) is 0 Å². The molecular weight excluding hydrogens is 454 g/mol. The van der Waals surface area contributed by atoms with Crippen LogP contribution >= 0.6 is 11.6 Å². The van der Waals surface area contributed by atoms with Gasteiger partial charge in [-0.05, 0) is 54.4 Å². The van der Waals surface area contributed by atoms with Gasteiger partial charge in [-0.15, -0.1) is 0 Å². The highest BCUT2D eigenvalue weighted by molar-refractivity contribution is 6.31. The minimum Gasteiger partial charge on any atom is -0.492 e. The van der Waals surface area contributed by atoms with Crippen LogP contribution in [0.4, 0.5) is 0 Å². The van der Waals surface area contributed by atoms with Crippen LogP contribution in [0.5, 0.6) is 11.5 Å². The topological polar surface area (TPSA) is 76.1 Å². The zero-order valence-corrected chi connectivity index (χ0v) is 19.6. The lowest BCUT2D eigenvalue weighted by atomic mass is 9.91. The summed E-state index contributed by atoms with van der Waals surface area (Å²) < 4.78 is 11.9. The van der Waals surface area contributed by atoms with Crippen LogP contribution in [0, 0.1) is 0 Å². The van der Waals surface area contributed by atoms with Gasteiger partial charge >= 0.3 is 5.97 Å². The summed E-state index contributed by atoms with van der Waals surface area (Å²) in [5.74, 6) is -0.0487. The lowest BCUT2D eigenvalue weighted by Gasteiger charge is -2.24. The molecule has 1 amide bonds. The number of hydrogen-bond acceptors (Lipinski definition) is 4. The van der Waals surface area contributed by atoms with Crippen molar-refractivity contribution >= 4 is 23.5 Å². The van der Waals surface area contributed by atoms with Crippen LogP contribution < -0.4 is 9.47 Å². The van der Waals surface area contributed by atoms with E-state index in [1.54, 1.807) is 18.2 Å². The van der Waals surface area contributed by atoms with E-state index in [9.17, 15) is 14.7 Å². The molecule has 1 heterocycles. The van der Waals surface area contributed by atoms with E-state index < -0.39 is 18.1 Å². The zero-order chi connectivity index (χ0) is 24.1. The Kier molecular flexibility index (Phi) is 7.08.